The molecule has 19 heteroatoms. The van der Waals surface area contributed by atoms with Crippen molar-refractivity contribution in [2.45, 2.75) is 102 Å². The van der Waals surface area contributed by atoms with E-state index in [1.54, 1.807) is 61.7 Å². The molecule has 2 aromatic carbocycles. The summed E-state index contributed by atoms with van der Waals surface area (Å²) in [6, 6.07) is 9.73. The third kappa shape index (κ3) is 10.5. The molecule has 358 valence electrons. The van der Waals surface area contributed by atoms with Gasteiger partial charge in [0.15, 0.2) is 5.82 Å². The third-order valence-electron chi connectivity index (χ3n) is 13.8. The van der Waals surface area contributed by atoms with Crippen molar-refractivity contribution in [3.8, 4) is 5.75 Å². The van der Waals surface area contributed by atoms with Crippen LogP contribution in [0, 0.1) is 0 Å². The number of rotatable bonds is 18. The molecule has 1 saturated carbocycles. The van der Waals surface area contributed by atoms with E-state index in [-0.39, 0.29) is 73.6 Å². The molecule has 67 heavy (non-hydrogen) atoms. The number of carbonyl (C=O) groups excluding carboxylic acids is 6. The summed E-state index contributed by atoms with van der Waals surface area (Å²) in [7, 11) is 3.35. The van der Waals surface area contributed by atoms with Crippen molar-refractivity contribution in [2.75, 3.05) is 87.1 Å². The van der Waals surface area contributed by atoms with Crippen LogP contribution in [0.5, 0.6) is 5.75 Å². The average molecular weight is 922 g/mol. The Morgan fingerprint density at radius 1 is 0.970 bits per heavy atom. The molecule has 5 aliphatic rings. The molecule has 0 radical (unpaired) electrons. The number of piperidine rings is 2. The highest BCUT2D eigenvalue weighted by atomic mass is 16.5. The maximum absolute atomic E-state index is 13.4. The van der Waals surface area contributed by atoms with E-state index in [0.717, 1.165) is 64.0 Å². The molecule has 2 atom stereocenters. The third-order valence-corrected chi connectivity index (χ3v) is 13.8. The number of likely N-dealkylation sites (N-methyl/N-ethyl adjacent to an activating group) is 2. The Kier molecular flexibility index (Phi) is 15.0. The van der Waals surface area contributed by atoms with Crippen molar-refractivity contribution in [1.82, 2.24) is 35.3 Å². The van der Waals surface area contributed by atoms with Gasteiger partial charge in [0.2, 0.25) is 29.6 Å². The molecule has 1 aromatic heterocycles. The minimum atomic E-state index is -0.729. The summed E-state index contributed by atoms with van der Waals surface area (Å²) >= 11 is 0. The van der Waals surface area contributed by atoms with Crippen molar-refractivity contribution in [3.05, 3.63) is 59.3 Å². The lowest BCUT2D eigenvalue weighted by molar-refractivity contribution is -0.137. The maximum atomic E-state index is 13.4. The molecule has 1 aliphatic carbocycles. The van der Waals surface area contributed by atoms with Crippen molar-refractivity contribution >= 4 is 64.3 Å². The van der Waals surface area contributed by atoms with Gasteiger partial charge in [-0.1, -0.05) is 32.8 Å². The Labute approximate surface area is 391 Å². The number of nitrogens with zero attached hydrogens (tertiary/aromatic N) is 7. The van der Waals surface area contributed by atoms with Crippen molar-refractivity contribution in [3.63, 3.8) is 0 Å². The van der Waals surface area contributed by atoms with Gasteiger partial charge in [-0.05, 0) is 75.4 Å². The number of likely N-dealkylation sites (tertiary alicyclic amines) is 1. The summed E-state index contributed by atoms with van der Waals surface area (Å²) in [5, 5.41) is 11.8. The first-order valence-corrected chi connectivity index (χ1v) is 23.7. The number of hydrogen-bond donors (Lipinski definition) is 4. The van der Waals surface area contributed by atoms with Crippen LogP contribution in [0.3, 0.4) is 0 Å². The number of aromatic nitrogens is 2. The van der Waals surface area contributed by atoms with Gasteiger partial charge < -0.3 is 45.0 Å². The van der Waals surface area contributed by atoms with Crippen LogP contribution in [-0.2, 0) is 30.5 Å². The van der Waals surface area contributed by atoms with Gasteiger partial charge in [0, 0.05) is 80.7 Å². The highest BCUT2D eigenvalue weighted by molar-refractivity contribution is 6.07. The fraction of sp³-hybridized carbons (Fsp3) is 0.542. The van der Waals surface area contributed by atoms with Gasteiger partial charge in [0.25, 0.3) is 11.8 Å². The van der Waals surface area contributed by atoms with Crippen LogP contribution in [0.4, 0.5) is 28.8 Å². The van der Waals surface area contributed by atoms with Crippen LogP contribution >= 0.6 is 0 Å². The summed E-state index contributed by atoms with van der Waals surface area (Å²) < 4.78 is 11.7. The zero-order valence-corrected chi connectivity index (χ0v) is 39.0. The summed E-state index contributed by atoms with van der Waals surface area (Å²) in [4.78, 5) is 96.4. The van der Waals surface area contributed by atoms with E-state index >= 15 is 0 Å². The lowest BCUT2D eigenvalue weighted by Crippen LogP contribution is -2.55. The molecular weight excluding hydrogens is 859 g/mol. The highest BCUT2D eigenvalue weighted by Crippen LogP contribution is 2.40. The maximum Gasteiger partial charge on any atom is 0.255 e. The summed E-state index contributed by atoms with van der Waals surface area (Å²) in [5.41, 5.74) is 3.44. The number of hydrogen-bond acceptors (Lipinski definition) is 14. The van der Waals surface area contributed by atoms with Crippen LogP contribution in [-0.4, -0.2) is 151 Å². The number of ether oxygens (including phenoxy) is 2. The first-order valence-electron chi connectivity index (χ1n) is 23.7. The van der Waals surface area contributed by atoms with Crippen LogP contribution in [0.1, 0.15) is 97.9 Å². The molecule has 19 nitrogen and oxygen atoms in total. The van der Waals surface area contributed by atoms with E-state index in [4.69, 9.17) is 14.5 Å². The average Bonchev–Trinajstić information content (AvgIpc) is 3.99. The van der Waals surface area contributed by atoms with E-state index in [0.29, 0.717) is 78.2 Å². The van der Waals surface area contributed by atoms with E-state index in [9.17, 15) is 28.8 Å². The Hall–Kier alpha value is -6.18. The standard InChI is InChI=1S/C48H63N11O8/c1-5-37-47(65)55(3)39-27-49-48(54-43(39)59(37)32-10-7-8-11-32)52-36-15-14-30(26-40(36)66-4)44(62)50-31-18-20-57(21-19-31)23-25-67-24-22-56(6-2)29-42(61)51-35-13-9-12-33-34(35)28-58(46(33)64)38-16-17-41(60)53-45(38)63/h9,12-15,26-27,31-32,37-38H,5-8,10-11,16-25,28-29H2,1-4H3,(H,50,62)(H,51,61)(H,49,52,54)(H,53,60,63)/t37-,38?/m1/s1. The molecule has 3 fully saturated rings. The van der Waals surface area contributed by atoms with Gasteiger partial charge in [-0.15, -0.1) is 0 Å². The molecular formula is C48H63N11O8. The summed E-state index contributed by atoms with van der Waals surface area (Å²) in [5.74, 6) is 0.184. The summed E-state index contributed by atoms with van der Waals surface area (Å²) in [6.45, 7) is 8.96. The topological polar surface area (TPSA) is 211 Å². The Morgan fingerprint density at radius 3 is 2.49 bits per heavy atom. The zero-order valence-electron chi connectivity index (χ0n) is 39.0. The predicted molar refractivity (Wildman–Crippen MR) is 252 cm³/mol. The van der Waals surface area contributed by atoms with Crippen LogP contribution in [0.2, 0.25) is 0 Å². The first kappa shape index (κ1) is 47.3. The van der Waals surface area contributed by atoms with Gasteiger partial charge in [-0.3, -0.25) is 39.0 Å². The Morgan fingerprint density at radius 2 is 1.76 bits per heavy atom. The number of nitrogens with one attached hydrogen (secondary N) is 4. The fourth-order valence-corrected chi connectivity index (χ4v) is 10.0. The molecule has 4 N–H and O–H groups in total. The molecule has 4 aliphatic heterocycles. The molecule has 3 aromatic rings. The minimum Gasteiger partial charge on any atom is -0.495 e. The van der Waals surface area contributed by atoms with Gasteiger partial charge in [0.05, 0.1) is 38.8 Å². The van der Waals surface area contributed by atoms with E-state index in [1.807, 2.05) is 18.7 Å². The van der Waals surface area contributed by atoms with Crippen molar-refractivity contribution in [2.24, 2.45) is 0 Å². The quantitative estimate of drug-likeness (QED) is 0.106. The molecule has 0 spiro atoms. The number of anilines is 5. The molecule has 0 bridgehead atoms. The van der Waals surface area contributed by atoms with Gasteiger partial charge in [0.1, 0.15) is 23.5 Å². The monoisotopic (exact) mass is 921 g/mol. The SMILES string of the molecule is CC[C@@H]1C(=O)N(C)c2cnc(Nc3ccc(C(=O)NC4CCN(CCOCCN(CC)CC(=O)Nc5cccc6c5CN(C5CCC(=O)NC5=O)C6=O)CC4)cc3OC)nc2N1C1CCCC1. The number of carbonyl (C=O) groups is 6. The van der Waals surface area contributed by atoms with Gasteiger partial charge in [-0.2, -0.15) is 4.98 Å². The minimum absolute atomic E-state index is 0.0306. The van der Waals surface area contributed by atoms with Crippen LogP contribution < -0.4 is 35.8 Å². The molecule has 2 saturated heterocycles. The number of methoxy groups -OCH3 is 1. The lowest BCUT2D eigenvalue weighted by Gasteiger charge is -2.43. The molecule has 5 heterocycles. The second-order valence-electron chi connectivity index (χ2n) is 18.0. The predicted octanol–water partition coefficient (Wildman–Crippen LogP) is 3.67. The molecule has 8 rings (SSSR count). The second kappa shape index (κ2) is 21.2. The van der Waals surface area contributed by atoms with Gasteiger partial charge >= 0.3 is 0 Å². The number of imide groups is 1. The lowest BCUT2D eigenvalue weighted by atomic mass is 10.0. The molecule has 1 unspecified atom stereocenters. The largest absolute Gasteiger partial charge is 0.495 e. The molecule has 6 amide bonds. The zero-order chi connectivity index (χ0) is 47.2. The highest BCUT2D eigenvalue weighted by Gasteiger charge is 2.42. The number of fused-ring (bicyclic) bond motifs is 2. The van der Waals surface area contributed by atoms with Crippen molar-refractivity contribution < 1.29 is 38.2 Å². The number of amides is 6. The normalized spacial score (nSPS) is 20.3. The van der Waals surface area contributed by atoms with Gasteiger partial charge in [-0.25, -0.2) is 4.98 Å². The van der Waals surface area contributed by atoms with E-state index in [2.05, 4.69) is 36.1 Å². The Balaban J connectivity index is 0.753. The summed E-state index contributed by atoms with van der Waals surface area (Å²) in [6.07, 6.45) is 8.77. The second-order valence-corrected chi connectivity index (χ2v) is 18.0. The fourth-order valence-electron chi connectivity index (χ4n) is 10.0. The van der Waals surface area contributed by atoms with Crippen molar-refractivity contribution in [1.29, 1.82) is 0 Å². The first-order chi connectivity index (χ1) is 32.5. The Bertz CT molecular complexity index is 2350. The van der Waals surface area contributed by atoms with Crippen LogP contribution in [0.15, 0.2) is 42.6 Å². The number of benzene rings is 2. The van der Waals surface area contributed by atoms with Crippen LogP contribution in [0.25, 0.3) is 0 Å². The smallest absolute Gasteiger partial charge is 0.255 e. The van der Waals surface area contributed by atoms with E-state index in [1.165, 1.54) is 4.90 Å². The van der Waals surface area contributed by atoms with E-state index < -0.39 is 11.9 Å².